The number of halogens is 2. The molecule has 0 aromatic carbocycles. The molecule has 0 radical (unpaired) electrons. The summed E-state index contributed by atoms with van der Waals surface area (Å²) < 4.78 is 30.1. The maximum Gasteiger partial charge on any atom is 0.339 e. The van der Waals surface area contributed by atoms with Crippen molar-refractivity contribution < 1.29 is 18.3 Å². The molecule has 1 fully saturated rings. The molecule has 0 spiro atoms. The first-order valence-corrected chi connectivity index (χ1v) is 5.08. The maximum atomic E-state index is 12.8. The summed E-state index contributed by atoms with van der Waals surface area (Å²) in [5.41, 5.74) is 5.36. The molecule has 1 aromatic rings. The van der Waals surface area contributed by atoms with E-state index in [1.165, 1.54) is 25.4 Å². The molecule has 0 unspecified atom stereocenters. The molecule has 1 aliphatic carbocycles. The summed E-state index contributed by atoms with van der Waals surface area (Å²) in [6.07, 6.45) is 0.460. The lowest BCUT2D eigenvalue weighted by Crippen LogP contribution is -2.55. The van der Waals surface area contributed by atoms with Crippen LogP contribution < -0.4 is 5.73 Å². The van der Waals surface area contributed by atoms with Gasteiger partial charge in [0.05, 0.1) is 23.9 Å². The summed E-state index contributed by atoms with van der Waals surface area (Å²) in [6.45, 7) is 0. The molecule has 6 heteroatoms. The number of ether oxygens (including phenoxy) is 1. The SMILES string of the molecule is COC(=O)c1ccc(C2(N)CC(F)(F)C2)nc1. The van der Waals surface area contributed by atoms with Crippen molar-refractivity contribution in [3.8, 4) is 0 Å². The number of carbonyl (C=O) groups excluding carboxylic acids is 1. The first kappa shape index (κ1) is 11.9. The summed E-state index contributed by atoms with van der Waals surface area (Å²) in [6, 6.07) is 2.96. The average Bonchev–Trinajstić information content (AvgIpc) is 2.25. The molecule has 17 heavy (non-hydrogen) atoms. The number of nitrogens with zero attached hydrogens (tertiary/aromatic N) is 1. The molecule has 1 heterocycles. The summed E-state index contributed by atoms with van der Waals surface area (Å²) >= 11 is 0. The smallest absolute Gasteiger partial charge is 0.339 e. The van der Waals surface area contributed by atoms with E-state index in [4.69, 9.17) is 5.73 Å². The van der Waals surface area contributed by atoms with Crippen molar-refractivity contribution in [3.63, 3.8) is 0 Å². The molecule has 0 bridgehead atoms. The molecular weight excluding hydrogens is 230 g/mol. The third kappa shape index (κ3) is 2.12. The van der Waals surface area contributed by atoms with Gasteiger partial charge in [0.2, 0.25) is 0 Å². The number of aromatic nitrogens is 1. The Labute approximate surface area is 96.8 Å². The Balaban J connectivity index is 2.17. The van der Waals surface area contributed by atoms with Crippen molar-refractivity contribution in [1.29, 1.82) is 0 Å². The van der Waals surface area contributed by atoms with Crippen LogP contribution in [0.3, 0.4) is 0 Å². The third-order valence-electron chi connectivity index (χ3n) is 2.84. The van der Waals surface area contributed by atoms with E-state index in [9.17, 15) is 13.6 Å². The van der Waals surface area contributed by atoms with Crippen LogP contribution in [0.4, 0.5) is 8.78 Å². The van der Waals surface area contributed by atoms with E-state index in [0.717, 1.165) is 0 Å². The van der Waals surface area contributed by atoms with E-state index in [1.54, 1.807) is 0 Å². The topological polar surface area (TPSA) is 65.2 Å². The minimum Gasteiger partial charge on any atom is -0.465 e. The number of pyridine rings is 1. The van der Waals surface area contributed by atoms with Crippen LogP contribution >= 0.6 is 0 Å². The number of nitrogens with two attached hydrogens (primary N) is 1. The number of hydrogen-bond donors (Lipinski definition) is 1. The fraction of sp³-hybridized carbons (Fsp3) is 0.455. The highest BCUT2D eigenvalue weighted by Gasteiger charge is 2.55. The summed E-state index contributed by atoms with van der Waals surface area (Å²) in [5, 5.41) is 0. The Hall–Kier alpha value is -1.56. The van der Waals surface area contributed by atoms with Gasteiger partial charge in [-0.15, -0.1) is 0 Å². The Morgan fingerprint density at radius 2 is 2.12 bits per heavy atom. The quantitative estimate of drug-likeness (QED) is 0.797. The molecule has 0 aliphatic heterocycles. The van der Waals surface area contributed by atoms with Crippen molar-refractivity contribution in [2.24, 2.45) is 5.73 Å². The molecule has 4 nitrogen and oxygen atoms in total. The second-order valence-corrected chi connectivity index (χ2v) is 4.29. The van der Waals surface area contributed by atoms with Gasteiger partial charge in [0, 0.05) is 19.0 Å². The van der Waals surface area contributed by atoms with E-state index >= 15 is 0 Å². The zero-order chi connectivity index (χ0) is 12.7. The lowest BCUT2D eigenvalue weighted by Gasteiger charge is -2.43. The van der Waals surface area contributed by atoms with Crippen molar-refractivity contribution in [2.75, 3.05) is 7.11 Å². The number of esters is 1. The lowest BCUT2D eigenvalue weighted by atomic mass is 9.72. The van der Waals surface area contributed by atoms with Crippen LogP contribution in [0.1, 0.15) is 28.9 Å². The first-order valence-electron chi connectivity index (χ1n) is 5.08. The highest BCUT2D eigenvalue weighted by molar-refractivity contribution is 5.88. The highest BCUT2D eigenvalue weighted by atomic mass is 19.3. The van der Waals surface area contributed by atoms with Gasteiger partial charge >= 0.3 is 5.97 Å². The van der Waals surface area contributed by atoms with Gasteiger partial charge in [-0.1, -0.05) is 0 Å². The van der Waals surface area contributed by atoms with Crippen LogP contribution in [0.2, 0.25) is 0 Å². The van der Waals surface area contributed by atoms with E-state index in [-0.39, 0.29) is 5.56 Å². The van der Waals surface area contributed by atoms with Crippen molar-refractivity contribution in [2.45, 2.75) is 24.3 Å². The molecule has 2 rings (SSSR count). The zero-order valence-electron chi connectivity index (χ0n) is 9.24. The van der Waals surface area contributed by atoms with E-state index in [0.29, 0.717) is 5.69 Å². The molecular formula is C11H12F2N2O2. The number of hydrogen-bond acceptors (Lipinski definition) is 4. The van der Waals surface area contributed by atoms with Gasteiger partial charge in [0.15, 0.2) is 0 Å². The predicted octanol–water partition coefficient (Wildman–Crippen LogP) is 1.45. The Bertz CT molecular complexity index is 437. The van der Waals surface area contributed by atoms with Crippen LogP contribution in [-0.2, 0) is 10.3 Å². The van der Waals surface area contributed by atoms with E-state index < -0.39 is 30.3 Å². The van der Waals surface area contributed by atoms with Crippen LogP contribution in [0.15, 0.2) is 18.3 Å². The second-order valence-electron chi connectivity index (χ2n) is 4.29. The van der Waals surface area contributed by atoms with Crippen LogP contribution in [0.5, 0.6) is 0 Å². The highest BCUT2D eigenvalue weighted by Crippen LogP contribution is 2.49. The molecule has 1 aliphatic rings. The maximum absolute atomic E-state index is 12.8. The van der Waals surface area contributed by atoms with Gasteiger partial charge < -0.3 is 10.5 Å². The second kappa shape index (κ2) is 3.73. The zero-order valence-corrected chi connectivity index (χ0v) is 9.24. The average molecular weight is 242 g/mol. The lowest BCUT2D eigenvalue weighted by molar-refractivity contribution is -0.126. The van der Waals surface area contributed by atoms with Crippen molar-refractivity contribution >= 4 is 5.97 Å². The van der Waals surface area contributed by atoms with Gasteiger partial charge in [-0.2, -0.15) is 0 Å². The molecule has 0 amide bonds. The molecule has 92 valence electrons. The fourth-order valence-corrected chi connectivity index (χ4v) is 1.98. The van der Waals surface area contributed by atoms with E-state index in [1.807, 2.05) is 0 Å². The third-order valence-corrected chi connectivity index (χ3v) is 2.84. The Morgan fingerprint density at radius 1 is 1.47 bits per heavy atom. The minimum absolute atomic E-state index is 0.269. The first-order chi connectivity index (χ1) is 7.86. The molecule has 2 N–H and O–H groups in total. The van der Waals surface area contributed by atoms with Crippen LogP contribution in [-0.4, -0.2) is 24.0 Å². The van der Waals surface area contributed by atoms with Crippen LogP contribution in [0, 0.1) is 0 Å². The Kier molecular flexibility index (Phi) is 2.61. The number of carbonyl (C=O) groups is 1. The summed E-state index contributed by atoms with van der Waals surface area (Å²) in [7, 11) is 1.26. The molecule has 0 atom stereocenters. The number of methoxy groups -OCH3 is 1. The Morgan fingerprint density at radius 3 is 2.53 bits per heavy atom. The van der Waals surface area contributed by atoms with Crippen molar-refractivity contribution in [1.82, 2.24) is 4.98 Å². The number of rotatable bonds is 2. The fourth-order valence-electron chi connectivity index (χ4n) is 1.98. The summed E-state index contributed by atoms with van der Waals surface area (Å²) in [4.78, 5) is 15.1. The van der Waals surface area contributed by atoms with Gasteiger partial charge in [-0.25, -0.2) is 13.6 Å². The molecule has 1 saturated carbocycles. The van der Waals surface area contributed by atoms with Gasteiger partial charge in [-0.05, 0) is 12.1 Å². The van der Waals surface area contributed by atoms with Gasteiger partial charge in [-0.3, -0.25) is 4.98 Å². The standard InChI is InChI=1S/C11H12F2N2O2/c1-17-9(16)7-2-3-8(15-4-7)10(14)5-11(12,13)6-10/h2-4H,5-6,14H2,1H3. The van der Waals surface area contributed by atoms with E-state index in [2.05, 4.69) is 9.72 Å². The van der Waals surface area contributed by atoms with Crippen molar-refractivity contribution in [3.05, 3.63) is 29.6 Å². The predicted molar refractivity (Wildman–Crippen MR) is 55.6 cm³/mol. The molecule has 1 aromatic heterocycles. The largest absolute Gasteiger partial charge is 0.465 e. The van der Waals surface area contributed by atoms with Gasteiger partial charge in [0.25, 0.3) is 5.92 Å². The monoisotopic (exact) mass is 242 g/mol. The van der Waals surface area contributed by atoms with Crippen LogP contribution in [0.25, 0.3) is 0 Å². The van der Waals surface area contributed by atoms with Gasteiger partial charge in [0.1, 0.15) is 0 Å². The molecule has 0 saturated heterocycles. The normalized spacial score (nSPS) is 20.5. The summed E-state index contributed by atoms with van der Waals surface area (Å²) in [5.74, 6) is -3.23. The number of alkyl halides is 2. The minimum atomic E-state index is -2.71.